The summed E-state index contributed by atoms with van der Waals surface area (Å²) in [4.78, 5) is 19.2. The van der Waals surface area contributed by atoms with Gasteiger partial charge < -0.3 is 14.2 Å². The third kappa shape index (κ3) is 4.97. The van der Waals surface area contributed by atoms with Gasteiger partial charge in [-0.15, -0.1) is 0 Å². The zero-order valence-electron chi connectivity index (χ0n) is 18.3. The van der Waals surface area contributed by atoms with Crippen molar-refractivity contribution in [3.05, 3.63) is 96.0 Å². The van der Waals surface area contributed by atoms with E-state index in [9.17, 15) is 9.18 Å². The summed E-state index contributed by atoms with van der Waals surface area (Å²) in [7, 11) is 1.59. The molecule has 0 radical (unpaired) electrons. The number of halogens is 1. The number of hydrogen-bond donors (Lipinski definition) is 0. The molecule has 4 rings (SSSR count). The summed E-state index contributed by atoms with van der Waals surface area (Å²) in [6, 6.07) is 12.0. The molecule has 1 aliphatic rings. The average Bonchev–Trinajstić information content (AvgIpc) is 3.10. The first kappa shape index (κ1) is 21.6. The quantitative estimate of drug-likeness (QED) is 0.397. The zero-order valence-corrected chi connectivity index (χ0v) is 18.3. The van der Waals surface area contributed by atoms with E-state index in [4.69, 9.17) is 4.74 Å². The predicted octanol–water partition coefficient (Wildman–Crippen LogP) is 5.20. The molecule has 0 atom stereocenters. The van der Waals surface area contributed by atoms with Crippen molar-refractivity contribution in [2.45, 2.75) is 19.8 Å². The Morgan fingerprint density at radius 3 is 2.69 bits per heavy atom. The summed E-state index contributed by atoms with van der Waals surface area (Å²) in [5.41, 5.74) is 4.57. The molecule has 2 heterocycles. The molecule has 0 N–H and O–H groups in total. The molecule has 164 valence electrons. The summed E-state index contributed by atoms with van der Waals surface area (Å²) in [6.07, 6.45) is 11.0. The lowest BCUT2D eigenvalue weighted by molar-refractivity contribution is 0.104. The Bertz CT molecular complexity index is 1160. The molecular weight excluding hydrogens is 405 g/mol. The van der Waals surface area contributed by atoms with Crippen LogP contribution in [0.2, 0.25) is 0 Å². The largest absolute Gasteiger partial charge is 0.495 e. The fourth-order valence-electron chi connectivity index (χ4n) is 3.82. The molecule has 0 aliphatic carbocycles. The second kappa shape index (κ2) is 9.64. The zero-order chi connectivity index (χ0) is 22.5. The summed E-state index contributed by atoms with van der Waals surface area (Å²) < 4.78 is 20.6. The highest BCUT2D eigenvalue weighted by Crippen LogP contribution is 2.25. The molecule has 0 spiro atoms. The molecule has 5 nitrogen and oxygen atoms in total. The predicted molar refractivity (Wildman–Crippen MR) is 124 cm³/mol. The second-order valence-corrected chi connectivity index (χ2v) is 7.80. The highest BCUT2D eigenvalue weighted by atomic mass is 19.1. The molecule has 0 saturated heterocycles. The van der Waals surface area contributed by atoms with E-state index in [2.05, 4.69) is 16.0 Å². The van der Waals surface area contributed by atoms with Gasteiger partial charge in [0.05, 0.1) is 24.8 Å². The monoisotopic (exact) mass is 431 g/mol. The SMILES string of the molecule is COc1cc(C(=O)/C=C/N2CCC=C(c3ccc(F)cc3)CC2)ccc1-n1cnc(C)c1. The van der Waals surface area contributed by atoms with Crippen molar-refractivity contribution in [1.29, 1.82) is 0 Å². The number of ketones is 1. The Morgan fingerprint density at radius 2 is 1.97 bits per heavy atom. The number of imidazole rings is 1. The lowest BCUT2D eigenvalue weighted by Crippen LogP contribution is -2.18. The number of ether oxygens (including phenoxy) is 1. The minimum Gasteiger partial charge on any atom is -0.495 e. The number of carbonyl (C=O) groups is 1. The topological polar surface area (TPSA) is 47.4 Å². The lowest BCUT2D eigenvalue weighted by atomic mass is 10.0. The lowest BCUT2D eigenvalue weighted by Gasteiger charge is -2.17. The summed E-state index contributed by atoms with van der Waals surface area (Å²) >= 11 is 0. The highest BCUT2D eigenvalue weighted by molar-refractivity contribution is 6.04. The van der Waals surface area contributed by atoms with Gasteiger partial charge in [-0.1, -0.05) is 18.2 Å². The maximum absolute atomic E-state index is 13.2. The smallest absolute Gasteiger partial charge is 0.187 e. The molecular formula is C26H26FN3O2. The fourth-order valence-corrected chi connectivity index (χ4v) is 3.82. The van der Waals surface area contributed by atoms with Crippen LogP contribution in [0.5, 0.6) is 5.75 Å². The van der Waals surface area contributed by atoms with Crippen LogP contribution in [0.4, 0.5) is 4.39 Å². The number of rotatable bonds is 6. The molecule has 2 aromatic carbocycles. The van der Waals surface area contributed by atoms with Gasteiger partial charge in [-0.3, -0.25) is 4.79 Å². The third-order valence-electron chi connectivity index (χ3n) is 5.58. The fraction of sp³-hybridized carbons (Fsp3) is 0.231. The second-order valence-electron chi connectivity index (χ2n) is 7.80. The normalized spacial score (nSPS) is 14.3. The molecule has 0 saturated carbocycles. The van der Waals surface area contributed by atoms with Crippen LogP contribution in [0, 0.1) is 12.7 Å². The maximum atomic E-state index is 13.2. The van der Waals surface area contributed by atoms with Crippen molar-refractivity contribution < 1.29 is 13.9 Å². The summed E-state index contributed by atoms with van der Waals surface area (Å²) in [6.45, 7) is 3.55. The van der Waals surface area contributed by atoms with Crippen LogP contribution in [0.1, 0.15) is 34.5 Å². The van der Waals surface area contributed by atoms with E-state index in [1.165, 1.54) is 17.7 Å². The van der Waals surface area contributed by atoms with E-state index in [1.54, 1.807) is 31.6 Å². The van der Waals surface area contributed by atoms with E-state index in [-0.39, 0.29) is 11.6 Å². The molecule has 0 fully saturated rings. The van der Waals surface area contributed by atoms with Crippen molar-refractivity contribution in [2.24, 2.45) is 0 Å². The van der Waals surface area contributed by atoms with Crippen molar-refractivity contribution >= 4 is 11.4 Å². The minimum absolute atomic E-state index is 0.0763. The van der Waals surface area contributed by atoms with Crippen LogP contribution in [-0.4, -0.2) is 40.4 Å². The number of aromatic nitrogens is 2. The van der Waals surface area contributed by atoms with Crippen LogP contribution in [-0.2, 0) is 0 Å². The van der Waals surface area contributed by atoms with Gasteiger partial charge in [0.1, 0.15) is 11.6 Å². The first-order valence-electron chi connectivity index (χ1n) is 10.6. The Kier molecular flexibility index (Phi) is 6.50. The van der Waals surface area contributed by atoms with Gasteiger partial charge in [-0.25, -0.2) is 9.37 Å². The van der Waals surface area contributed by atoms with Crippen LogP contribution in [0.3, 0.4) is 0 Å². The Balaban J connectivity index is 1.41. The van der Waals surface area contributed by atoms with Crippen LogP contribution in [0.25, 0.3) is 11.3 Å². The van der Waals surface area contributed by atoms with Crippen LogP contribution in [0.15, 0.2) is 73.3 Å². The molecule has 1 aliphatic heterocycles. The molecule has 0 amide bonds. The molecule has 1 aromatic heterocycles. The Labute approximate surface area is 187 Å². The highest BCUT2D eigenvalue weighted by Gasteiger charge is 2.12. The Hall–Kier alpha value is -3.67. The maximum Gasteiger partial charge on any atom is 0.187 e. The molecule has 32 heavy (non-hydrogen) atoms. The van der Waals surface area contributed by atoms with Crippen LogP contribution >= 0.6 is 0 Å². The van der Waals surface area contributed by atoms with Crippen molar-refractivity contribution in [1.82, 2.24) is 14.5 Å². The third-order valence-corrected chi connectivity index (χ3v) is 5.58. The van der Waals surface area contributed by atoms with E-state index in [1.807, 2.05) is 42.1 Å². The number of methoxy groups -OCH3 is 1. The van der Waals surface area contributed by atoms with Gasteiger partial charge >= 0.3 is 0 Å². The van der Waals surface area contributed by atoms with Crippen LogP contribution < -0.4 is 4.74 Å². The van der Waals surface area contributed by atoms with Gasteiger partial charge in [0.15, 0.2) is 5.78 Å². The van der Waals surface area contributed by atoms with Gasteiger partial charge in [0, 0.05) is 37.1 Å². The summed E-state index contributed by atoms with van der Waals surface area (Å²) in [5, 5.41) is 0. The number of allylic oxidation sites excluding steroid dienone is 1. The van der Waals surface area contributed by atoms with Crippen molar-refractivity contribution in [3.8, 4) is 11.4 Å². The number of carbonyl (C=O) groups excluding carboxylic acids is 1. The minimum atomic E-state index is -0.226. The summed E-state index contributed by atoms with van der Waals surface area (Å²) in [5.74, 6) is 0.313. The number of nitrogens with zero attached hydrogens (tertiary/aromatic N) is 3. The van der Waals surface area contributed by atoms with E-state index < -0.39 is 0 Å². The Morgan fingerprint density at radius 1 is 1.16 bits per heavy atom. The van der Waals surface area contributed by atoms with Crippen molar-refractivity contribution in [2.75, 3.05) is 20.2 Å². The molecule has 3 aromatic rings. The molecule has 6 heteroatoms. The van der Waals surface area contributed by atoms with Gasteiger partial charge in [0.2, 0.25) is 0 Å². The number of aryl methyl sites for hydroxylation is 1. The number of benzene rings is 2. The molecule has 0 unspecified atom stereocenters. The number of hydrogen-bond acceptors (Lipinski definition) is 4. The van der Waals surface area contributed by atoms with Gasteiger partial charge in [0.25, 0.3) is 0 Å². The first-order chi connectivity index (χ1) is 15.5. The standard InChI is InChI=1S/C26H26FN3O2/c1-19-17-30(18-28-19)24-10-7-22(16-26(24)32-2)25(31)12-15-29-13-3-4-20(11-14-29)21-5-8-23(27)9-6-21/h4-10,12,15-18H,3,11,13-14H2,1-2H3/b15-12+. The van der Waals surface area contributed by atoms with E-state index >= 15 is 0 Å². The van der Waals surface area contributed by atoms with E-state index in [0.29, 0.717) is 11.3 Å². The average molecular weight is 432 g/mol. The molecule has 0 bridgehead atoms. The van der Waals surface area contributed by atoms with E-state index in [0.717, 1.165) is 42.9 Å². The first-order valence-corrected chi connectivity index (χ1v) is 10.6. The van der Waals surface area contributed by atoms with Gasteiger partial charge in [-0.2, -0.15) is 0 Å². The van der Waals surface area contributed by atoms with Crippen molar-refractivity contribution in [3.63, 3.8) is 0 Å². The van der Waals surface area contributed by atoms with Gasteiger partial charge in [-0.05, 0) is 61.2 Å².